The molecule has 5 aromatic rings. The third-order valence-corrected chi connectivity index (χ3v) is 14.5. The van der Waals surface area contributed by atoms with Gasteiger partial charge in [0.15, 0.2) is 23.0 Å². The highest BCUT2D eigenvalue weighted by molar-refractivity contribution is 8.76. The molecule has 0 aliphatic carbocycles. The maximum atomic E-state index is 14.0. The van der Waals surface area contributed by atoms with Gasteiger partial charge < -0.3 is 34.5 Å². The molecule has 4 aliphatic rings. The van der Waals surface area contributed by atoms with Crippen molar-refractivity contribution in [2.75, 3.05) is 47.5 Å². The van der Waals surface area contributed by atoms with Gasteiger partial charge in [-0.1, -0.05) is 58.0 Å². The van der Waals surface area contributed by atoms with Crippen molar-refractivity contribution < 1.29 is 33.3 Å². The molecule has 14 heteroatoms. The number of amides is 3. The number of methoxy groups -OCH3 is 2. The molecule has 0 bridgehead atoms. The normalized spacial score (nSPS) is 17.0. The largest absolute Gasteiger partial charge is 0.493 e. The van der Waals surface area contributed by atoms with Gasteiger partial charge in [0.1, 0.15) is 13.2 Å². The molecule has 0 saturated heterocycles. The highest BCUT2D eigenvalue weighted by Crippen LogP contribution is 2.43. The summed E-state index contributed by atoms with van der Waals surface area (Å²) in [6.45, 7) is 5.10. The van der Waals surface area contributed by atoms with Crippen molar-refractivity contribution in [2.24, 2.45) is 4.99 Å². The standard InChI is InChI=1S/C49H49N5O7S2/c1-49(2,63-62-5)15-14-46(55)52-33-17-29(27-60-44-23-38-36(21-42(44)58-3)47(56)53-34(25-50-38)19-31-10-6-8-12-40(31)53)16-30(18-33)28-61-45-24-39-37(22-43(45)59-4)48(57)54-35(26-51-39)20-32-11-7-9-13-41(32)54/h6-13,16-18,21-25,34-35,51H,14-15,19-20,26-28H2,1-5H3,(H,52,55)/t34?,35-/m0/s1. The van der Waals surface area contributed by atoms with Crippen LogP contribution in [0, 0.1) is 0 Å². The summed E-state index contributed by atoms with van der Waals surface area (Å²) in [5.74, 6) is 1.38. The average Bonchev–Trinajstić information content (AvgIpc) is 3.77. The molecule has 0 aromatic heterocycles. The Morgan fingerprint density at radius 3 is 2.10 bits per heavy atom. The summed E-state index contributed by atoms with van der Waals surface area (Å²) >= 11 is 0. The maximum absolute atomic E-state index is 14.0. The number of fused-ring (bicyclic) bond motifs is 8. The Balaban J connectivity index is 0.968. The Kier molecular flexibility index (Phi) is 11.8. The number of nitrogens with zero attached hydrogens (tertiary/aromatic N) is 3. The van der Waals surface area contributed by atoms with Crippen LogP contribution in [-0.4, -0.2) is 67.8 Å². The van der Waals surface area contributed by atoms with E-state index in [1.807, 2.05) is 84.1 Å². The lowest BCUT2D eigenvalue weighted by atomic mass is 10.1. The fraction of sp³-hybridized carbons (Fsp3) is 0.306. The van der Waals surface area contributed by atoms with Gasteiger partial charge in [-0.2, -0.15) is 0 Å². The number of hydrogen-bond donors (Lipinski definition) is 2. The molecule has 4 aliphatic heterocycles. The predicted molar refractivity (Wildman–Crippen MR) is 252 cm³/mol. The zero-order valence-electron chi connectivity index (χ0n) is 35.9. The first-order valence-electron chi connectivity index (χ1n) is 21.0. The Morgan fingerprint density at radius 1 is 0.794 bits per heavy atom. The minimum Gasteiger partial charge on any atom is -0.493 e. The van der Waals surface area contributed by atoms with Crippen LogP contribution in [0.2, 0.25) is 0 Å². The molecule has 0 saturated carbocycles. The lowest BCUT2D eigenvalue weighted by molar-refractivity contribution is -0.116. The fourth-order valence-electron chi connectivity index (χ4n) is 8.83. The molecule has 2 atom stereocenters. The Labute approximate surface area is 375 Å². The van der Waals surface area contributed by atoms with Gasteiger partial charge in [-0.05, 0) is 97.7 Å². The van der Waals surface area contributed by atoms with Gasteiger partial charge >= 0.3 is 0 Å². The highest BCUT2D eigenvalue weighted by atomic mass is 33.1. The predicted octanol–water partition coefficient (Wildman–Crippen LogP) is 9.65. The second-order valence-corrected chi connectivity index (χ2v) is 19.7. The monoisotopic (exact) mass is 883 g/mol. The molecule has 63 heavy (non-hydrogen) atoms. The number of benzene rings is 5. The fourth-order valence-corrected chi connectivity index (χ4v) is 11.1. The van der Waals surface area contributed by atoms with Crippen molar-refractivity contribution in [1.29, 1.82) is 0 Å². The van der Waals surface area contributed by atoms with Gasteiger partial charge in [0.2, 0.25) is 5.91 Å². The van der Waals surface area contributed by atoms with E-state index in [0.29, 0.717) is 77.0 Å². The maximum Gasteiger partial charge on any atom is 0.261 e. The van der Waals surface area contributed by atoms with Crippen LogP contribution in [-0.2, 0) is 30.8 Å². The summed E-state index contributed by atoms with van der Waals surface area (Å²) in [7, 11) is 6.54. The van der Waals surface area contributed by atoms with Crippen molar-refractivity contribution in [2.45, 2.75) is 69.6 Å². The molecule has 9 rings (SSSR count). The topological polar surface area (TPSA) is 131 Å². The van der Waals surface area contributed by atoms with Gasteiger partial charge in [-0.3, -0.25) is 24.3 Å². The summed E-state index contributed by atoms with van der Waals surface area (Å²) < 4.78 is 24.4. The molecular weight excluding hydrogens is 835 g/mol. The van der Waals surface area contributed by atoms with E-state index in [9.17, 15) is 14.4 Å². The molecular formula is C49H49N5O7S2. The summed E-state index contributed by atoms with van der Waals surface area (Å²) in [6, 6.07) is 28.5. The molecule has 2 N–H and O–H groups in total. The zero-order valence-corrected chi connectivity index (χ0v) is 37.5. The Morgan fingerprint density at radius 2 is 1.41 bits per heavy atom. The third-order valence-electron chi connectivity index (χ3n) is 11.9. The van der Waals surface area contributed by atoms with Crippen LogP contribution < -0.4 is 39.4 Å². The zero-order chi connectivity index (χ0) is 43.8. The lowest BCUT2D eigenvalue weighted by Gasteiger charge is -2.23. The molecule has 324 valence electrons. The highest BCUT2D eigenvalue weighted by Gasteiger charge is 2.39. The summed E-state index contributed by atoms with van der Waals surface area (Å²) in [5, 5.41) is 6.61. The first-order valence-corrected chi connectivity index (χ1v) is 23.5. The molecule has 4 heterocycles. The summed E-state index contributed by atoms with van der Waals surface area (Å²) in [6.07, 6.45) is 6.39. The number of aliphatic imine (C=N–C) groups is 1. The molecule has 0 spiro atoms. The number of nitrogens with one attached hydrogen (secondary N) is 2. The SMILES string of the molecule is COc1cc2c(cc1OCc1cc(COc3cc4c(cc3OC)C(=O)N3c5ccccc5C[C@H]3CN4)cc(NC(=O)CCC(C)(C)SSC)c1)N=CC1Cc3ccccc3N1C2=O. The first-order chi connectivity index (χ1) is 30.5. The molecule has 0 radical (unpaired) electrons. The van der Waals surface area contributed by atoms with Gasteiger partial charge in [0.05, 0.1) is 48.8 Å². The number of rotatable bonds is 14. The lowest BCUT2D eigenvalue weighted by Crippen LogP contribution is -2.39. The van der Waals surface area contributed by atoms with Crippen LogP contribution in [0.25, 0.3) is 0 Å². The molecule has 3 amide bonds. The minimum absolute atomic E-state index is 0.0107. The Bertz CT molecular complexity index is 2650. The quantitative estimate of drug-likeness (QED) is 0.104. The number of carbonyl (C=O) groups excluding carboxylic acids is 3. The minimum atomic E-state index is -0.188. The number of para-hydroxylation sites is 2. The number of hydrogen-bond acceptors (Lipinski definition) is 11. The van der Waals surface area contributed by atoms with Crippen molar-refractivity contribution >= 4 is 74.0 Å². The van der Waals surface area contributed by atoms with Crippen LogP contribution >= 0.6 is 21.6 Å². The number of anilines is 4. The van der Waals surface area contributed by atoms with Crippen molar-refractivity contribution in [1.82, 2.24) is 0 Å². The van der Waals surface area contributed by atoms with E-state index in [1.165, 1.54) is 0 Å². The van der Waals surface area contributed by atoms with E-state index in [1.54, 1.807) is 58.9 Å². The van der Waals surface area contributed by atoms with Crippen LogP contribution in [0.1, 0.15) is 69.7 Å². The van der Waals surface area contributed by atoms with Crippen LogP contribution in [0.15, 0.2) is 96.0 Å². The average molecular weight is 884 g/mol. The van der Waals surface area contributed by atoms with E-state index in [-0.39, 0.29) is 47.8 Å². The second-order valence-electron chi connectivity index (χ2n) is 16.6. The van der Waals surface area contributed by atoms with Crippen LogP contribution in [0.5, 0.6) is 23.0 Å². The van der Waals surface area contributed by atoms with Gasteiger partial charge in [-0.25, -0.2) is 0 Å². The van der Waals surface area contributed by atoms with Crippen LogP contribution in [0.4, 0.5) is 28.4 Å². The third kappa shape index (κ3) is 8.53. The molecule has 12 nitrogen and oxygen atoms in total. The van der Waals surface area contributed by atoms with E-state index < -0.39 is 0 Å². The first kappa shape index (κ1) is 42.2. The summed E-state index contributed by atoms with van der Waals surface area (Å²) in [5.41, 5.74) is 8.33. The van der Waals surface area contributed by atoms with E-state index in [4.69, 9.17) is 23.9 Å². The summed E-state index contributed by atoms with van der Waals surface area (Å²) in [4.78, 5) is 49.8. The van der Waals surface area contributed by atoms with Crippen LogP contribution in [0.3, 0.4) is 0 Å². The number of ether oxygens (including phenoxy) is 4. The van der Waals surface area contributed by atoms with E-state index in [0.717, 1.165) is 40.0 Å². The molecule has 0 fully saturated rings. The van der Waals surface area contributed by atoms with E-state index >= 15 is 0 Å². The van der Waals surface area contributed by atoms with Crippen molar-refractivity contribution in [3.05, 3.63) is 124 Å². The number of carbonyl (C=O) groups is 3. The van der Waals surface area contributed by atoms with Gasteiger partial charge in [-0.15, -0.1) is 0 Å². The second kappa shape index (κ2) is 17.6. The molecule has 5 aromatic carbocycles. The van der Waals surface area contributed by atoms with Gasteiger partial charge in [0, 0.05) is 59.5 Å². The Hall–Kier alpha value is -6.12. The van der Waals surface area contributed by atoms with Crippen molar-refractivity contribution in [3.63, 3.8) is 0 Å². The smallest absolute Gasteiger partial charge is 0.261 e. The van der Waals surface area contributed by atoms with Crippen molar-refractivity contribution in [3.8, 4) is 23.0 Å². The molecule has 1 unspecified atom stereocenters. The van der Waals surface area contributed by atoms with Gasteiger partial charge in [0.25, 0.3) is 11.8 Å². The van der Waals surface area contributed by atoms with E-state index in [2.05, 4.69) is 30.5 Å².